The van der Waals surface area contributed by atoms with Gasteiger partial charge in [-0.1, -0.05) is 29.8 Å². The van der Waals surface area contributed by atoms with E-state index < -0.39 is 0 Å². The van der Waals surface area contributed by atoms with Crippen LogP contribution in [-0.4, -0.2) is 17.5 Å². The van der Waals surface area contributed by atoms with Crippen molar-refractivity contribution in [1.82, 2.24) is 5.32 Å². The van der Waals surface area contributed by atoms with Crippen LogP contribution in [0.3, 0.4) is 0 Å². The number of Topliss-reactive ketones (excluding diaryl/α,β-unsaturated/α-hetero) is 2. The number of nitrogens with one attached hydrogen (secondary N) is 1. The summed E-state index contributed by atoms with van der Waals surface area (Å²) in [4.78, 5) is 36.4. The molecule has 1 N–H and O–H groups in total. The van der Waals surface area contributed by atoms with Crippen molar-refractivity contribution in [3.05, 3.63) is 57.2 Å². The molecule has 1 amide bonds. The summed E-state index contributed by atoms with van der Waals surface area (Å²) in [6, 6.07) is 10.7. The number of carbonyl (C=O) groups is 3. The molecule has 0 saturated heterocycles. The molecule has 0 saturated carbocycles. The van der Waals surface area contributed by atoms with Crippen molar-refractivity contribution < 1.29 is 14.4 Å². The highest BCUT2D eigenvalue weighted by Crippen LogP contribution is 2.16. The van der Waals surface area contributed by atoms with Crippen LogP contribution in [0.25, 0.3) is 0 Å². The molecule has 2 aromatic rings. The van der Waals surface area contributed by atoms with Crippen LogP contribution in [0.2, 0.25) is 5.02 Å². The Labute approximate surface area is 156 Å². The normalized spacial score (nSPS) is 11.8. The van der Waals surface area contributed by atoms with E-state index in [1.165, 1.54) is 11.3 Å². The quantitative estimate of drug-likeness (QED) is 0.650. The molecule has 1 heterocycles. The van der Waals surface area contributed by atoms with Crippen molar-refractivity contribution in [3.8, 4) is 0 Å². The van der Waals surface area contributed by atoms with Crippen LogP contribution < -0.4 is 5.32 Å². The van der Waals surface area contributed by atoms with Gasteiger partial charge < -0.3 is 5.32 Å². The fourth-order valence-electron chi connectivity index (χ4n) is 2.34. The highest BCUT2D eigenvalue weighted by atomic mass is 35.5. The van der Waals surface area contributed by atoms with Crippen LogP contribution in [0.4, 0.5) is 0 Å². The predicted octanol–water partition coefficient (Wildman–Crippen LogP) is 4.59. The average molecular weight is 378 g/mol. The van der Waals surface area contributed by atoms with Gasteiger partial charge in [0.25, 0.3) is 0 Å². The number of carbonyl (C=O) groups excluding carboxylic acids is 3. The first-order valence-electron chi connectivity index (χ1n) is 8.09. The number of hydrogen-bond donors (Lipinski definition) is 1. The summed E-state index contributed by atoms with van der Waals surface area (Å²) in [5.74, 6) is -0.274. The van der Waals surface area contributed by atoms with Crippen LogP contribution in [0.1, 0.15) is 53.9 Å². The Morgan fingerprint density at radius 1 is 1.04 bits per heavy atom. The van der Waals surface area contributed by atoms with Gasteiger partial charge >= 0.3 is 0 Å². The van der Waals surface area contributed by atoms with E-state index in [9.17, 15) is 14.4 Å². The van der Waals surface area contributed by atoms with Gasteiger partial charge in [0, 0.05) is 30.7 Å². The topological polar surface area (TPSA) is 63.2 Å². The molecule has 0 aliphatic carbocycles. The molecule has 0 radical (unpaired) electrons. The number of benzene rings is 1. The summed E-state index contributed by atoms with van der Waals surface area (Å²) in [5.41, 5.74) is 0.950. The van der Waals surface area contributed by atoms with Crippen molar-refractivity contribution in [2.24, 2.45) is 0 Å². The second-order valence-electron chi connectivity index (χ2n) is 5.78. The lowest BCUT2D eigenvalue weighted by Crippen LogP contribution is -2.26. The van der Waals surface area contributed by atoms with E-state index in [0.717, 1.165) is 5.56 Å². The van der Waals surface area contributed by atoms with Crippen molar-refractivity contribution in [2.75, 3.05) is 0 Å². The van der Waals surface area contributed by atoms with Gasteiger partial charge in [-0.25, -0.2) is 0 Å². The maximum atomic E-state index is 12.0. The molecule has 1 aromatic heterocycles. The monoisotopic (exact) mass is 377 g/mol. The van der Waals surface area contributed by atoms with Gasteiger partial charge in [0.05, 0.1) is 10.9 Å². The largest absolute Gasteiger partial charge is 0.350 e. The second kappa shape index (κ2) is 9.49. The summed E-state index contributed by atoms with van der Waals surface area (Å²) in [7, 11) is 0. The molecule has 1 aromatic carbocycles. The SMILES string of the molecule is CC(NC(=O)CCC(=O)CCC(=O)c1cccs1)c1ccc(Cl)cc1. The minimum Gasteiger partial charge on any atom is -0.350 e. The van der Waals surface area contributed by atoms with E-state index in [0.29, 0.717) is 9.90 Å². The smallest absolute Gasteiger partial charge is 0.220 e. The average Bonchev–Trinajstić information content (AvgIpc) is 3.13. The molecule has 132 valence electrons. The maximum absolute atomic E-state index is 12.0. The number of thiophene rings is 1. The third-order valence-corrected chi connectivity index (χ3v) is 4.97. The molecule has 25 heavy (non-hydrogen) atoms. The predicted molar refractivity (Wildman–Crippen MR) is 100 cm³/mol. The molecule has 0 bridgehead atoms. The van der Waals surface area contributed by atoms with Crippen molar-refractivity contribution >= 4 is 40.4 Å². The van der Waals surface area contributed by atoms with Crippen LogP contribution in [-0.2, 0) is 9.59 Å². The maximum Gasteiger partial charge on any atom is 0.220 e. The number of halogens is 1. The van der Waals surface area contributed by atoms with Crippen molar-refractivity contribution in [3.63, 3.8) is 0 Å². The summed E-state index contributed by atoms with van der Waals surface area (Å²) < 4.78 is 0. The molecule has 0 spiro atoms. The van der Waals surface area contributed by atoms with E-state index in [2.05, 4.69) is 5.32 Å². The second-order valence-corrected chi connectivity index (χ2v) is 7.16. The Balaban J connectivity index is 1.69. The van der Waals surface area contributed by atoms with Gasteiger partial charge in [0.1, 0.15) is 5.78 Å². The molecule has 2 rings (SSSR count). The minimum absolute atomic E-state index is 0.0239. The summed E-state index contributed by atoms with van der Waals surface area (Å²) in [6.07, 6.45) is 0.653. The lowest BCUT2D eigenvalue weighted by Gasteiger charge is -2.14. The third kappa shape index (κ3) is 6.44. The number of ketones is 2. The van der Waals surface area contributed by atoms with Gasteiger partial charge in [0.15, 0.2) is 5.78 Å². The lowest BCUT2D eigenvalue weighted by atomic mass is 10.1. The van der Waals surface area contributed by atoms with E-state index in [1.54, 1.807) is 18.2 Å². The van der Waals surface area contributed by atoms with Crippen LogP contribution in [0.15, 0.2) is 41.8 Å². The molecule has 1 atom stereocenters. The Kier molecular flexibility index (Phi) is 7.34. The number of amides is 1. The van der Waals surface area contributed by atoms with Crippen LogP contribution in [0, 0.1) is 0 Å². The van der Waals surface area contributed by atoms with Gasteiger partial charge in [-0.05, 0) is 36.1 Å². The van der Waals surface area contributed by atoms with E-state index in [1.807, 2.05) is 30.5 Å². The van der Waals surface area contributed by atoms with E-state index >= 15 is 0 Å². The first-order valence-corrected chi connectivity index (χ1v) is 9.34. The number of hydrogen-bond acceptors (Lipinski definition) is 4. The number of rotatable bonds is 9. The summed E-state index contributed by atoms with van der Waals surface area (Å²) >= 11 is 7.22. The lowest BCUT2D eigenvalue weighted by molar-refractivity contribution is -0.125. The first kappa shape index (κ1) is 19.3. The first-order chi connectivity index (χ1) is 12.0. The standard InChI is InChI=1S/C19H20ClNO3S/c1-13(14-4-6-15(20)7-5-14)21-19(24)11-9-16(22)8-10-17(23)18-3-2-12-25-18/h2-7,12-13H,8-11H2,1H3,(H,21,24). The molecule has 0 fully saturated rings. The Hall–Kier alpha value is -1.98. The van der Waals surface area contributed by atoms with Crippen molar-refractivity contribution in [1.29, 1.82) is 0 Å². The molecular formula is C19H20ClNO3S. The minimum atomic E-state index is -0.180. The Morgan fingerprint density at radius 3 is 2.36 bits per heavy atom. The Bertz CT molecular complexity index is 726. The van der Waals surface area contributed by atoms with Gasteiger partial charge in [-0.15, -0.1) is 11.3 Å². The zero-order valence-electron chi connectivity index (χ0n) is 14.0. The van der Waals surface area contributed by atoms with Crippen LogP contribution in [0.5, 0.6) is 0 Å². The van der Waals surface area contributed by atoms with Crippen molar-refractivity contribution in [2.45, 2.75) is 38.6 Å². The van der Waals surface area contributed by atoms with Crippen LogP contribution >= 0.6 is 22.9 Å². The highest BCUT2D eigenvalue weighted by Gasteiger charge is 2.13. The van der Waals surface area contributed by atoms with Gasteiger partial charge in [0.2, 0.25) is 5.91 Å². The molecule has 4 nitrogen and oxygen atoms in total. The summed E-state index contributed by atoms with van der Waals surface area (Å²) in [6.45, 7) is 1.88. The van der Waals surface area contributed by atoms with Gasteiger partial charge in [-0.2, -0.15) is 0 Å². The van der Waals surface area contributed by atoms with E-state index in [4.69, 9.17) is 11.6 Å². The Morgan fingerprint density at radius 2 is 1.72 bits per heavy atom. The fourth-order valence-corrected chi connectivity index (χ4v) is 3.16. The van der Waals surface area contributed by atoms with Gasteiger partial charge in [-0.3, -0.25) is 14.4 Å². The molecule has 6 heteroatoms. The molecule has 0 aliphatic heterocycles. The molecule has 0 aliphatic rings. The fraction of sp³-hybridized carbons (Fsp3) is 0.316. The molecular weight excluding hydrogens is 358 g/mol. The summed E-state index contributed by atoms with van der Waals surface area (Å²) in [5, 5.41) is 5.34. The van der Waals surface area contributed by atoms with E-state index in [-0.39, 0.29) is 49.2 Å². The molecule has 1 unspecified atom stereocenters. The third-order valence-electron chi connectivity index (χ3n) is 3.81. The highest BCUT2D eigenvalue weighted by molar-refractivity contribution is 7.12. The zero-order valence-corrected chi connectivity index (χ0v) is 15.5. The zero-order chi connectivity index (χ0) is 18.2.